The van der Waals surface area contributed by atoms with E-state index in [1.54, 1.807) is 0 Å². The second-order valence-electron chi connectivity index (χ2n) is 2.01. The van der Waals surface area contributed by atoms with E-state index in [-0.39, 0.29) is 11.1 Å². The van der Waals surface area contributed by atoms with Gasteiger partial charge in [-0.25, -0.2) is 0 Å². The predicted molar refractivity (Wildman–Crippen MR) is 46.8 cm³/mol. The Morgan fingerprint density at radius 2 is 1.92 bits per heavy atom. The van der Waals surface area contributed by atoms with Gasteiger partial charge >= 0.3 is 0 Å². The smallest absolute Gasteiger partial charge is 0.286 e. The molecule has 0 spiro atoms. The van der Waals surface area contributed by atoms with E-state index in [4.69, 9.17) is 0 Å². The summed E-state index contributed by atoms with van der Waals surface area (Å²) in [5, 5.41) is 1.87. The van der Waals surface area contributed by atoms with Crippen LogP contribution in [0.4, 0.5) is 4.79 Å². The van der Waals surface area contributed by atoms with Gasteiger partial charge in [-0.05, 0) is 12.1 Å². The van der Waals surface area contributed by atoms with Gasteiger partial charge in [-0.15, -0.1) is 0 Å². The molecule has 12 heavy (non-hydrogen) atoms. The van der Waals surface area contributed by atoms with Crippen LogP contribution < -0.4 is 5.32 Å². The molecule has 1 aliphatic rings. The van der Waals surface area contributed by atoms with Gasteiger partial charge in [0.15, 0.2) is 0 Å². The topological polar surface area (TPSA) is 62.0 Å². The zero-order chi connectivity index (χ0) is 8.81. The van der Waals surface area contributed by atoms with Gasteiger partial charge in [0, 0.05) is 12.4 Å². The van der Waals surface area contributed by atoms with Gasteiger partial charge in [0.25, 0.3) is 5.24 Å². The highest BCUT2D eigenvalue weighted by Gasteiger charge is 2.16. The molecule has 2 rings (SSSR count). The minimum atomic E-state index is -0.231. The summed E-state index contributed by atoms with van der Waals surface area (Å²) >= 11 is 1.01. The van der Waals surface area contributed by atoms with Crippen molar-refractivity contribution in [3.8, 4) is 0 Å². The van der Waals surface area contributed by atoms with Crippen LogP contribution in [0, 0.1) is 0 Å². The number of imide groups is 1. The van der Waals surface area contributed by atoms with E-state index in [9.17, 15) is 9.59 Å². The summed E-state index contributed by atoms with van der Waals surface area (Å²) in [5.41, 5.74) is 0. The van der Waals surface area contributed by atoms with Crippen LogP contribution in [0.15, 0.2) is 24.5 Å². The average molecular weight is 184 g/mol. The highest BCUT2D eigenvalue weighted by Crippen LogP contribution is 2.06. The third-order valence-electron chi connectivity index (χ3n) is 1.07. The van der Waals surface area contributed by atoms with Gasteiger partial charge in [0.05, 0.1) is 5.75 Å². The lowest BCUT2D eigenvalue weighted by atomic mass is 10.7. The second-order valence-corrected chi connectivity index (χ2v) is 2.96. The molecule has 1 aromatic heterocycles. The lowest BCUT2D eigenvalue weighted by Gasteiger charge is -1.77. The maximum absolute atomic E-state index is 10.1. The van der Waals surface area contributed by atoms with E-state index < -0.39 is 0 Å². The first kappa shape index (κ1) is 8.86. The van der Waals surface area contributed by atoms with Crippen LogP contribution in [0.1, 0.15) is 0 Å². The van der Waals surface area contributed by atoms with E-state index in [0.717, 1.165) is 11.8 Å². The Balaban J connectivity index is 0.000000127. The Morgan fingerprint density at radius 3 is 2.08 bits per heavy atom. The number of carbonyl (C=O) groups is 2. The van der Waals surface area contributed by atoms with Gasteiger partial charge in [0.1, 0.15) is 0 Å². The van der Waals surface area contributed by atoms with Crippen LogP contribution in [0.5, 0.6) is 0 Å². The number of hydrogen-bond donors (Lipinski definition) is 2. The van der Waals surface area contributed by atoms with Gasteiger partial charge in [-0.1, -0.05) is 11.8 Å². The van der Waals surface area contributed by atoms with Gasteiger partial charge in [-0.2, -0.15) is 0 Å². The standard InChI is InChI=1S/C4H5N.C3H3NO2S/c1-2-4-5-3-1;5-2-1-7-3(6)4-2/h1-5H;1H2,(H,4,5,6). The zero-order valence-corrected chi connectivity index (χ0v) is 7.06. The summed E-state index contributed by atoms with van der Waals surface area (Å²) in [5.74, 6) is 0.105. The highest BCUT2D eigenvalue weighted by atomic mass is 32.2. The molecule has 1 aliphatic heterocycles. The van der Waals surface area contributed by atoms with Crippen molar-refractivity contribution < 1.29 is 9.59 Å². The molecule has 1 fully saturated rings. The van der Waals surface area contributed by atoms with Crippen molar-refractivity contribution in [1.82, 2.24) is 10.3 Å². The van der Waals surface area contributed by atoms with Crippen molar-refractivity contribution in [3.05, 3.63) is 24.5 Å². The molecule has 0 atom stereocenters. The Morgan fingerprint density at radius 1 is 1.25 bits per heavy atom. The van der Waals surface area contributed by atoms with Crippen molar-refractivity contribution >= 4 is 22.9 Å². The quantitative estimate of drug-likeness (QED) is 0.632. The molecule has 1 aromatic rings. The van der Waals surface area contributed by atoms with E-state index in [0.29, 0.717) is 5.75 Å². The van der Waals surface area contributed by atoms with E-state index in [1.165, 1.54) is 0 Å². The number of rotatable bonds is 0. The second kappa shape index (κ2) is 4.61. The first-order valence-electron chi connectivity index (χ1n) is 3.33. The third-order valence-corrected chi connectivity index (χ3v) is 1.84. The maximum Gasteiger partial charge on any atom is 0.286 e. The molecule has 0 saturated carbocycles. The Kier molecular flexibility index (Phi) is 3.40. The zero-order valence-electron chi connectivity index (χ0n) is 6.24. The molecule has 0 unspecified atom stereocenters. The Labute approximate surface area is 73.7 Å². The molecule has 1 saturated heterocycles. The monoisotopic (exact) mass is 184 g/mol. The molecule has 0 radical (unpaired) electrons. The summed E-state index contributed by atoms with van der Waals surface area (Å²) in [6.45, 7) is 0. The van der Waals surface area contributed by atoms with Crippen molar-refractivity contribution in [2.75, 3.05) is 5.75 Å². The molecule has 2 N–H and O–H groups in total. The first-order valence-corrected chi connectivity index (χ1v) is 4.32. The van der Waals surface area contributed by atoms with Crippen molar-refractivity contribution in [1.29, 1.82) is 0 Å². The van der Waals surface area contributed by atoms with Gasteiger partial charge in [0.2, 0.25) is 5.91 Å². The fourth-order valence-electron chi connectivity index (χ4n) is 0.595. The number of aromatic amines is 1. The summed E-state index contributed by atoms with van der Waals surface area (Å²) in [4.78, 5) is 23.0. The summed E-state index contributed by atoms with van der Waals surface area (Å²) in [7, 11) is 0. The number of carbonyl (C=O) groups excluding carboxylic acids is 2. The predicted octanol–water partition coefficient (Wildman–Crippen LogP) is 0.984. The SMILES string of the molecule is O=C1CSC(=O)N1.c1cc[nH]c1. The summed E-state index contributed by atoms with van der Waals surface area (Å²) in [6.07, 6.45) is 3.75. The van der Waals surface area contributed by atoms with Crippen molar-refractivity contribution in [3.63, 3.8) is 0 Å². The normalized spacial score (nSPS) is 15.0. The number of amides is 2. The Hall–Kier alpha value is -1.23. The van der Waals surface area contributed by atoms with Crippen molar-refractivity contribution in [2.24, 2.45) is 0 Å². The van der Waals surface area contributed by atoms with Crippen LogP contribution in [0.3, 0.4) is 0 Å². The molecule has 5 heteroatoms. The fourth-order valence-corrected chi connectivity index (χ4v) is 1.12. The minimum Gasteiger partial charge on any atom is -0.368 e. The number of H-pyrrole nitrogens is 1. The number of aromatic nitrogens is 1. The molecule has 2 amide bonds. The minimum absolute atomic E-state index is 0.185. The lowest BCUT2D eigenvalue weighted by Crippen LogP contribution is -2.18. The molecule has 0 bridgehead atoms. The summed E-state index contributed by atoms with van der Waals surface area (Å²) < 4.78 is 0. The molecule has 2 heterocycles. The van der Waals surface area contributed by atoms with E-state index in [1.807, 2.05) is 24.5 Å². The van der Waals surface area contributed by atoms with Gasteiger partial charge in [-0.3, -0.25) is 14.9 Å². The van der Waals surface area contributed by atoms with Crippen LogP contribution in [0.25, 0.3) is 0 Å². The van der Waals surface area contributed by atoms with Crippen LogP contribution in [0.2, 0.25) is 0 Å². The van der Waals surface area contributed by atoms with Gasteiger partial charge < -0.3 is 4.98 Å². The van der Waals surface area contributed by atoms with Crippen LogP contribution in [-0.4, -0.2) is 21.9 Å². The molecule has 0 aliphatic carbocycles. The van der Waals surface area contributed by atoms with Crippen LogP contribution >= 0.6 is 11.8 Å². The van der Waals surface area contributed by atoms with Crippen LogP contribution in [-0.2, 0) is 4.79 Å². The largest absolute Gasteiger partial charge is 0.368 e. The number of hydrogen-bond acceptors (Lipinski definition) is 3. The lowest BCUT2D eigenvalue weighted by molar-refractivity contribution is -0.117. The molecule has 4 nitrogen and oxygen atoms in total. The fraction of sp³-hybridized carbons (Fsp3) is 0.143. The van der Waals surface area contributed by atoms with Crippen molar-refractivity contribution in [2.45, 2.75) is 0 Å². The molecular formula is C7H8N2O2S. The van der Waals surface area contributed by atoms with E-state index in [2.05, 4.69) is 10.3 Å². The number of nitrogens with one attached hydrogen (secondary N) is 2. The first-order chi connectivity index (χ1) is 5.79. The highest BCUT2D eigenvalue weighted by molar-refractivity contribution is 8.14. The Bertz CT molecular complexity index is 227. The maximum atomic E-state index is 10.1. The van der Waals surface area contributed by atoms with E-state index >= 15 is 0 Å². The molecule has 0 aromatic carbocycles. The average Bonchev–Trinajstić information content (AvgIpc) is 2.63. The number of thioether (sulfide) groups is 1. The molecular weight excluding hydrogens is 176 g/mol. The third kappa shape index (κ3) is 3.25. The summed E-state index contributed by atoms with van der Waals surface area (Å²) in [6, 6.07) is 3.89. The molecule has 64 valence electrons.